The van der Waals surface area contributed by atoms with Gasteiger partial charge in [-0.05, 0) is 74.6 Å². The number of ether oxygens (including phenoxy) is 1. The summed E-state index contributed by atoms with van der Waals surface area (Å²) in [6, 6.07) is 8.83. The molecule has 1 heterocycles. The molecule has 0 unspecified atom stereocenters. The number of benzene rings is 2. The smallest absolute Gasteiger partial charge is 0.423 e. The van der Waals surface area contributed by atoms with Crippen molar-refractivity contribution in [2.75, 3.05) is 31.5 Å². The quantitative estimate of drug-likeness (QED) is 0.103. The number of carbonyl (C=O) groups is 1. The van der Waals surface area contributed by atoms with Crippen molar-refractivity contribution in [1.82, 2.24) is 9.80 Å². The molecule has 1 saturated carbocycles. The van der Waals surface area contributed by atoms with E-state index < -0.39 is 22.4 Å². The third-order valence-electron chi connectivity index (χ3n) is 7.90. The Labute approximate surface area is 253 Å². The number of rotatable bonds is 10. The molecule has 1 saturated heterocycles. The molecule has 0 aromatic heterocycles. The zero-order valence-electron chi connectivity index (χ0n) is 24.5. The number of nitro benzene ring substituents is 1. The Bertz CT molecular complexity index is 1390. The number of alkyl halides is 3. The zero-order valence-corrected chi connectivity index (χ0v) is 24.5. The normalized spacial score (nSPS) is 19.8. The topological polar surface area (TPSA) is 87.9 Å². The lowest BCUT2D eigenvalue weighted by Gasteiger charge is -2.37. The van der Waals surface area contributed by atoms with Crippen molar-refractivity contribution in [3.63, 3.8) is 0 Å². The number of hydrogen-bond acceptors (Lipinski definition) is 6. The Morgan fingerprint density at radius 2 is 1.70 bits per heavy atom. The van der Waals surface area contributed by atoms with Gasteiger partial charge in [0.05, 0.1) is 17.4 Å². The minimum absolute atomic E-state index is 0.00247. The predicted molar refractivity (Wildman–Crippen MR) is 159 cm³/mol. The first-order valence-corrected chi connectivity index (χ1v) is 14.5. The molecule has 1 aliphatic carbocycles. The average molecular weight is 617 g/mol. The fourth-order valence-corrected chi connectivity index (χ4v) is 5.48. The molecule has 236 valence electrons. The van der Waals surface area contributed by atoms with Crippen LogP contribution in [-0.4, -0.2) is 59.0 Å². The maximum atomic E-state index is 13.3. The number of piperazine rings is 1. The van der Waals surface area contributed by atoms with Gasteiger partial charge in [-0.3, -0.25) is 14.9 Å². The summed E-state index contributed by atoms with van der Waals surface area (Å²) in [6.07, 6.45) is 3.53. The zero-order chi connectivity index (χ0) is 31.9. The molecule has 0 atom stereocenters. The third-order valence-corrected chi connectivity index (χ3v) is 7.90. The van der Waals surface area contributed by atoms with Crippen molar-refractivity contribution in [2.45, 2.75) is 57.3 Å². The molecule has 1 N–H and O–H groups in total. The Hall–Kier alpha value is -4.35. The number of hydrogen-bond donors (Lipinski definition) is 1. The number of nitrogens with zero attached hydrogens (tertiary/aromatic N) is 3. The van der Waals surface area contributed by atoms with Gasteiger partial charge in [0.1, 0.15) is 17.1 Å². The van der Waals surface area contributed by atoms with Gasteiger partial charge >= 0.3 is 6.18 Å². The van der Waals surface area contributed by atoms with Crippen LogP contribution in [0.1, 0.15) is 43.7 Å². The highest BCUT2D eigenvalue weighted by Crippen LogP contribution is 2.38. The highest BCUT2D eigenvalue weighted by Gasteiger charge is 2.38. The fourth-order valence-electron chi connectivity index (χ4n) is 5.48. The number of anilines is 1. The molecule has 12 heteroatoms. The highest BCUT2D eigenvalue weighted by molar-refractivity contribution is 5.78. The van der Waals surface area contributed by atoms with Crippen molar-refractivity contribution in [3.8, 4) is 0 Å². The van der Waals surface area contributed by atoms with E-state index in [0.717, 1.165) is 23.4 Å². The minimum Gasteiger partial charge on any atom is -0.491 e. The second-order valence-electron chi connectivity index (χ2n) is 10.9. The first kappa shape index (κ1) is 32.6. The van der Waals surface area contributed by atoms with E-state index in [9.17, 15) is 32.5 Å². The van der Waals surface area contributed by atoms with Crippen LogP contribution < -0.4 is 5.32 Å². The van der Waals surface area contributed by atoms with Crippen LogP contribution in [0.15, 0.2) is 78.7 Å². The molecule has 0 radical (unpaired) electrons. The molecule has 1 aliphatic heterocycles. The van der Waals surface area contributed by atoms with E-state index in [-0.39, 0.29) is 36.0 Å². The van der Waals surface area contributed by atoms with Gasteiger partial charge in [-0.25, -0.2) is 4.39 Å². The van der Waals surface area contributed by atoms with Crippen molar-refractivity contribution >= 4 is 17.3 Å². The molecule has 4 rings (SSSR count). The molecule has 0 spiro atoms. The summed E-state index contributed by atoms with van der Waals surface area (Å²) in [4.78, 5) is 26.7. The van der Waals surface area contributed by atoms with Gasteiger partial charge in [0.25, 0.3) is 5.69 Å². The summed E-state index contributed by atoms with van der Waals surface area (Å²) in [5, 5.41) is 14.1. The number of amides is 1. The summed E-state index contributed by atoms with van der Waals surface area (Å²) in [5.41, 5.74) is -0.407. The lowest BCUT2D eigenvalue weighted by molar-refractivity contribution is -0.388. The molecule has 44 heavy (non-hydrogen) atoms. The summed E-state index contributed by atoms with van der Waals surface area (Å²) in [6.45, 7) is 8.17. The van der Waals surface area contributed by atoms with Gasteiger partial charge in [0.2, 0.25) is 5.91 Å². The molecule has 2 aliphatic rings. The van der Waals surface area contributed by atoms with E-state index in [2.05, 4.69) is 16.8 Å². The van der Waals surface area contributed by atoms with Crippen molar-refractivity contribution in [1.29, 1.82) is 0 Å². The van der Waals surface area contributed by atoms with E-state index in [4.69, 9.17) is 4.74 Å². The van der Waals surface area contributed by atoms with Crippen LogP contribution >= 0.6 is 0 Å². The molecule has 8 nitrogen and oxygen atoms in total. The largest absolute Gasteiger partial charge is 0.491 e. The molecule has 2 aromatic rings. The average Bonchev–Trinajstić information content (AvgIpc) is 3.00. The molecule has 1 amide bonds. The Morgan fingerprint density at radius 3 is 2.27 bits per heavy atom. The van der Waals surface area contributed by atoms with Crippen LogP contribution in [-0.2, 0) is 22.1 Å². The van der Waals surface area contributed by atoms with Crippen LogP contribution in [0, 0.1) is 15.9 Å². The Morgan fingerprint density at radius 1 is 1.07 bits per heavy atom. The van der Waals surface area contributed by atoms with Crippen LogP contribution in [0.25, 0.3) is 0 Å². The van der Waals surface area contributed by atoms with Crippen molar-refractivity contribution < 1.29 is 32.0 Å². The number of halogens is 4. The van der Waals surface area contributed by atoms with Crippen LogP contribution in [0.5, 0.6) is 0 Å². The molecular weight excluding hydrogens is 580 g/mol. The first-order valence-electron chi connectivity index (χ1n) is 14.5. The molecule has 2 aromatic carbocycles. The van der Waals surface area contributed by atoms with E-state index >= 15 is 0 Å². The lowest BCUT2D eigenvalue weighted by atomic mass is 9.92. The van der Waals surface area contributed by atoms with Crippen LogP contribution in [0.2, 0.25) is 0 Å². The maximum absolute atomic E-state index is 13.3. The number of nitrogens with one attached hydrogen (secondary N) is 1. The standard InChI is InChI=1S/C32H36F4N4O4/c1-3-26(38-15-17-39(18-16-38)31(41)19-22-5-7-23(33)8-6-22)21-27(4-2)44-28-12-9-24(10-13-28)37-25-11-14-30(40(42)43)29(20-25)32(34,35)36/h3-8,11,14,20-21,24,28,37H,1,9-10,12-13,15-19H2,2H3/b26-21+,27-4+. The molecule has 0 bridgehead atoms. The lowest BCUT2D eigenvalue weighted by Crippen LogP contribution is -2.48. The van der Waals surface area contributed by atoms with Gasteiger partial charge < -0.3 is 19.9 Å². The maximum Gasteiger partial charge on any atom is 0.423 e. The fraction of sp³-hybridized carbons (Fsp3) is 0.406. The van der Waals surface area contributed by atoms with E-state index in [1.165, 1.54) is 18.2 Å². The summed E-state index contributed by atoms with van der Waals surface area (Å²) >= 11 is 0. The number of allylic oxidation sites excluding steroid dienone is 3. The minimum atomic E-state index is -4.83. The van der Waals surface area contributed by atoms with Gasteiger partial charge in [-0.1, -0.05) is 18.7 Å². The number of carbonyl (C=O) groups excluding carboxylic acids is 1. The summed E-state index contributed by atoms with van der Waals surface area (Å²) in [5.74, 6) is 0.340. The predicted octanol–water partition coefficient (Wildman–Crippen LogP) is 6.85. The van der Waals surface area contributed by atoms with Crippen LogP contribution in [0.3, 0.4) is 0 Å². The van der Waals surface area contributed by atoms with E-state index in [1.807, 2.05) is 19.1 Å². The second kappa shape index (κ2) is 14.4. The van der Waals surface area contributed by atoms with Crippen molar-refractivity contribution in [2.24, 2.45) is 0 Å². The van der Waals surface area contributed by atoms with Gasteiger partial charge in [0.15, 0.2) is 0 Å². The van der Waals surface area contributed by atoms with E-state index in [0.29, 0.717) is 57.6 Å². The van der Waals surface area contributed by atoms with E-state index in [1.54, 1.807) is 23.1 Å². The second-order valence-corrected chi connectivity index (χ2v) is 10.9. The third kappa shape index (κ3) is 8.61. The van der Waals surface area contributed by atoms with Gasteiger partial charge in [-0.15, -0.1) is 0 Å². The SMILES string of the molecule is C=C/C(=C\C(=C/C)OC1CCC(Nc2ccc([N+](=O)[O-])c(C(F)(F)F)c2)CC1)N1CCN(C(=O)Cc2ccc(F)cc2)CC1. The van der Waals surface area contributed by atoms with Gasteiger partial charge in [0, 0.05) is 55.7 Å². The van der Waals surface area contributed by atoms with Gasteiger partial charge in [-0.2, -0.15) is 13.2 Å². The molecule has 2 fully saturated rings. The van der Waals surface area contributed by atoms with Crippen LogP contribution in [0.4, 0.5) is 28.9 Å². The van der Waals surface area contributed by atoms with Crippen molar-refractivity contribution in [3.05, 3.63) is 106 Å². The Balaban J connectivity index is 1.27. The molecular formula is C32H36F4N4O4. The number of nitro groups is 1. The first-order chi connectivity index (χ1) is 21.0. The monoisotopic (exact) mass is 616 g/mol. The summed E-state index contributed by atoms with van der Waals surface area (Å²) < 4.78 is 59.5. The summed E-state index contributed by atoms with van der Waals surface area (Å²) in [7, 11) is 0. The highest BCUT2D eigenvalue weighted by atomic mass is 19.4. The Kier molecular flexibility index (Phi) is 10.7.